The molecule has 0 saturated carbocycles. The minimum atomic E-state index is 0.00310. The predicted octanol–water partition coefficient (Wildman–Crippen LogP) is 3.65. The maximum Gasteiger partial charge on any atom is 0.206 e. The molecule has 0 saturated heterocycles. The van der Waals surface area contributed by atoms with Gasteiger partial charge in [-0.25, -0.2) is 0 Å². The Kier molecular flexibility index (Phi) is 4.15. The molecule has 0 aliphatic heterocycles. The molecule has 0 fully saturated rings. The van der Waals surface area contributed by atoms with Crippen LogP contribution in [-0.2, 0) is 5.75 Å². The van der Waals surface area contributed by atoms with Crippen molar-refractivity contribution in [2.45, 2.75) is 50.3 Å². The molecule has 2 rings (SSSR count). The van der Waals surface area contributed by atoms with Gasteiger partial charge in [0.15, 0.2) is 4.34 Å². The number of aryl methyl sites for hydroxylation is 2. The Labute approximate surface area is 121 Å². The van der Waals surface area contributed by atoms with Crippen LogP contribution < -0.4 is 5.32 Å². The Morgan fingerprint density at radius 3 is 2.58 bits per heavy atom. The summed E-state index contributed by atoms with van der Waals surface area (Å²) in [4.78, 5) is 0. The third-order valence-corrected chi connectivity index (χ3v) is 4.41. The minimum absolute atomic E-state index is 0.00310. The van der Waals surface area contributed by atoms with Gasteiger partial charge in [-0.05, 0) is 34.6 Å². The summed E-state index contributed by atoms with van der Waals surface area (Å²) < 4.78 is 6.10. The van der Waals surface area contributed by atoms with E-state index >= 15 is 0 Å². The fourth-order valence-electron chi connectivity index (χ4n) is 1.48. The van der Waals surface area contributed by atoms with E-state index in [9.17, 15) is 0 Å². The second kappa shape index (κ2) is 5.50. The van der Waals surface area contributed by atoms with Gasteiger partial charge in [-0.1, -0.05) is 28.3 Å². The molecule has 0 atom stereocenters. The maximum atomic E-state index is 5.15. The average Bonchev–Trinajstić information content (AvgIpc) is 2.83. The van der Waals surface area contributed by atoms with E-state index in [4.69, 9.17) is 4.52 Å². The molecule has 2 heterocycles. The van der Waals surface area contributed by atoms with E-state index in [1.54, 1.807) is 23.1 Å². The van der Waals surface area contributed by atoms with Crippen molar-refractivity contribution in [1.29, 1.82) is 0 Å². The summed E-state index contributed by atoms with van der Waals surface area (Å²) in [5.74, 6) is 1.69. The molecular formula is C12H18N4OS2. The second-order valence-electron chi connectivity index (χ2n) is 5.34. The van der Waals surface area contributed by atoms with Gasteiger partial charge in [0.2, 0.25) is 5.13 Å². The monoisotopic (exact) mass is 298 g/mol. The van der Waals surface area contributed by atoms with Crippen LogP contribution in [0.2, 0.25) is 0 Å². The van der Waals surface area contributed by atoms with Gasteiger partial charge >= 0.3 is 0 Å². The van der Waals surface area contributed by atoms with Gasteiger partial charge in [0.1, 0.15) is 5.76 Å². The van der Waals surface area contributed by atoms with Crippen molar-refractivity contribution in [2.75, 3.05) is 5.32 Å². The topological polar surface area (TPSA) is 63.8 Å². The van der Waals surface area contributed by atoms with E-state index in [-0.39, 0.29) is 5.54 Å². The molecule has 1 N–H and O–H groups in total. The van der Waals surface area contributed by atoms with Gasteiger partial charge in [0, 0.05) is 16.9 Å². The van der Waals surface area contributed by atoms with Gasteiger partial charge in [-0.3, -0.25) is 0 Å². The zero-order valence-corrected chi connectivity index (χ0v) is 13.4. The molecule has 0 aromatic carbocycles. The lowest BCUT2D eigenvalue weighted by molar-refractivity contribution is 0.392. The molecular weight excluding hydrogens is 280 g/mol. The molecule has 2 aromatic rings. The summed E-state index contributed by atoms with van der Waals surface area (Å²) in [6.45, 7) is 10.2. The van der Waals surface area contributed by atoms with Crippen LogP contribution in [-0.4, -0.2) is 20.9 Å². The van der Waals surface area contributed by atoms with E-state index in [0.717, 1.165) is 32.2 Å². The maximum absolute atomic E-state index is 5.15. The molecule has 0 amide bonds. The van der Waals surface area contributed by atoms with Gasteiger partial charge in [0.05, 0.1) is 5.69 Å². The second-order valence-corrected chi connectivity index (χ2v) is 7.54. The highest BCUT2D eigenvalue weighted by Gasteiger charge is 2.14. The van der Waals surface area contributed by atoms with Crippen LogP contribution in [0.4, 0.5) is 5.13 Å². The third-order valence-electron chi connectivity index (χ3n) is 2.41. The SMILES string of the molecule is Cc1noc(C)c1CSc1nnc(NC(C)(C)C)s1. The highest BCUT2D eigenvalue weighted by atomic mass is 32.2. The number of nitrogens with one attached hydrogen (secondary N) is 1. The first kappa shape index (κ1) is 14.3. The summed E-state index contributed by atoms with van der Waals surface area (Å²) in [5.41, 5.74) is 2.09. The molecule has 0 radical (unpaired) electrons. The average molecular weight is 298 g/mol. The van der Waals surface area contributed by atoms with E-state index in [1.807, 2.05) is 13.8 Å². The van der Waals surface area contributed by atoms with Crippen molar-refractivity contribution in [3.05, 3.63) is 17.0 Å². The number of thioether (sulfide) groups is 1. The molecule has 0 bridgehead atoms. The van der Waals surface area contributed by atoms with Crippen molar-refractivity contribution in [3.63, 3.8) is 0 Å². The first-order valence-corrected chi connectivity index (χ1v) is 7.81. The van der Waals surface area contributed by atoms with E-state index in [0.29, 0.717) is 0 Å². The summed E-state index contributed by atoms with van der Waals surface area (Å²) in [6, 6.07) is 0. The van der Waals surface area contributed by atoms with Crippen LogP contribution in [0.1, 0.15) is 37.8 Å². The Hall–Kier alpha value is -1.08. The Bertz CT molecular complexity index is 537. The number of rotatable bonds is 4. The normalized spacial score (nSPS) is 11.8. The van der Waals surface area contributed by atoms with Crippen LogP contribution >= 0.6 is 23.1 Å². The lowest BCUT2D eigenvalue weighted by Crippen LogP contribution is -2.25. The largest absolute Gasteiger partial charge is 0.361 e. The van der Waals surface area contributed by atoms with E-state index in [2.05, 4.69) is 41.4 Å². The summed E-state index contributed by atoms with van der Waals surface area (Å²) in [7, 11) is 0. The number of anilines is 1. The Morgan fingerprint density at radius 1 is 1.26 bits per heavy atom. The molecule has 5 nitrogen and oxygen atoms in total. The van der Waals surface area contributed by atoms with Crippen molar-refractivity contribution < 1.29 is 4.52 Å². The zero-order chi connectivity index (χ0) is 14.0. The molecule has 104 valence electrons. The van der Waals surface area contributed by atoms with Crippen LogP contribution in [0.15, 0.2) is 8.86 Å². The fraction of sp³-hybridized carbons (Fsp3) is 0.583. The number of hydrogen-bond acceptors (Lipinski definition) is 7. The number of nitrogens with zero attached hydrogens (tertiary/aromatic N) is 3. The van der Waals surface area contributed by atoms with Crippen molar-refractivity contribution in [1.82, 2.24) is 15.4 Å². The third kappa shape index (κ3) is 3.94. The lowest BCUT2D eigenvalue weighted by atomic mass is 10.1. The molecule has 0 aliphatic rings. The van der Waals surface area contributed by atoms with Crippen molar-refractivity contribution in [3.8, 4) is 0 Å². The van der Waals surface area contributed by atoms with Crippen molar-refractivity contribution >= 4 is 28.2 Å². The number of hydrogen-bond donors (Lipinski definition) is 1. The zero-order valence-electron chi connectivity index (χ0n) is 11.8. The van der Waals surface area contributed by atoms with E-state index < -0.39 is 0 Å². The Balaban J connectivity index is 1.97. The van der Waals surface area contributed by atoms with Gasteiger partial charge in [-0.2, -0.15) is 0 Å². The van der Waals surface area contributed by atoms with Crippen LogP contribution in [0.5, 0.6) is 0 Å². The molecule has 7 heteroatoms. The fourth-order valence-corrected chi connectivity index (χ4v) is 3.59. The first-order valence-electron chi connectivity index (χ1n) is 6.01. The van der Waals surface area contributed by atoms with Crippen LogP contribution in [0, 0.1) is 13.8 Å². The predicted molar refractivity (Wildman–Crippen MR) is 78.8 cm³/mol. The van der Waals surface area contributed by atoms with E-state index in [1.165, 1.54) is 0 Å². The summed E-state index contributed by atoms with van der Waals surface area (Å²) >= 11 is 3.23. The molecule has 0 spiro atoms. The van der Waals surface area contributed by atoms with Gasteiger partial charge in [0.25, 0.3) is 0 Å². The van der Waals surface area contributed by atoms with Gasteiger partial charge in [-0.15, -0.1) is 10.2 Å². The number of aromatic nitrogens is 3. The van der Waals surface area contributed by atoms with Crippen LogP contribution in [0.25, 0.3) is 0 Å². The highest BCUT2D eigenvalue weighted by molar-refractivity contribution is 8.00. The smallest absolute Gasteiger partial charge is 0.206 e. The Morgan fingerprint density at radius 2 is 2.00 bits per heavy atom. The van der Waals surface area contributed by atoms with Gasteiger partial charge < -0.3 is 9.84 Å². The lowest BCUT2D eigenvalue weighted by Gasteiger charge is -2.18. The minimum Gasteiger partial charge on any atom is -0.361 e. The standard InChI is InChI=1S/C12H18N4OS2/c1-7-9(8(2)17-16-7)6-18-11-15-14-10(19-11)13-12(3,4)5/h6H2,1-5H3,(H,13,14). The molecule has 2 aromatic heterocycles. The molecule has 19 heavy (non-hydrogen) atoms. The molecule has 0 unspecified atom stereocenters. The quantitative estimate of drug-likeness (QED) is 0.869. The summed E-state index contributed by atoms with van der Waals surface area (Å²) in [6.07, 6.45) is 0. The van der Waals surface area contributed by atoms with Crippen LogP contribution in [0.3, 0.4) is 0 Å². The molecule has 0 aliphatic carbocycles. The summed E-state index contributed by atoms with van der Waals surface area (Å²) in [5, 5.41) is 16.4. The highest BCUT2D eigenvalue weighted by Crippen LogP contribution is 2.31. The van der Waals surface area contributed by atoms with Crippen molar-refractivity contribution in [2.24, 2.45) is 0 Å². The first-order chi connectivity index (χ1) is 8.85.